The van der Waals surface area contributed by atoms with Gasteiger partial charge in [-0.15, -0.1) is 0 Å². The quantitative estimate of drug-likeness (QED) is 0.490. The van der Waals surface area contributed by atoms with Gasteiger partial charge in [-0.1, -0.05) is 35.9 Å². The van der Waals surface area contributed by atoms with Gasteiger partial charge in [-0.2, -0.15) is 13.2 Å². The van der Waals surface area contributed by atoms with Crippen LogP contribution in [0.15, 0.2) is 54.6 Å². The summed E-state index contributed by atoms with van der Waals surface area (Å²) in [5, 5.41) is 16.0. The number of hydrogen-bond acceptors (Lipinski definition) is 2. The molecule has 0 aliphatic heterocycles. The summed E-state index contributed by atoms with van der Waals surface area (Å²) >= 11 is 5.63. The van der Waals surface area contributed by atoms with Gasteiger partial charge in [0.05, 0.1) is 22.3 Å². The van der Waals surface area contributed by atoms with E-state index in [1.54, 1.807) is 25.1 Å². The van der Waals surface area contributed by atoms with Crippen LogP contribution in [0.4, 0.5) is 23.7 Å². The number of nitrogens with one attached hydrogen (secondary N) is 2. The average molecular weight is 409 g/mol. The highest BCUT2D eigenvalue weighted by molar-refractivity contribution is 6.31. The van der Waals surface area contributed by atoms with Crippen LogP contribution in [-0.4, -0.2) is 11.1 Å². The first kappa shape index (κ1) is 19.8. The van der Waals surface area contributed by atoms with Crippen molar-refractivity contribution in [2.24, 2.45) is 0 Å². The minimum Gasteiger partial charge on any atom is -0.508 e. The number of urea groups is 1. The molecule has 0 bridgehead atoms. The Morgan fingerprint density at radius 1 is 1.11 bits per heavy atom. The smallest absolute Gasteiger partial charge is 0.417 e. The summed E-state index contributed by atoms with van der Waals surface area (Å²) in [4.78, 5) is 12.3. The zero-order valence-electron chi connectivity index (χ0n) is 14.6. The van der Waals surface area contributed by atoms with Crippen molar-refractivity contribution in [3.63, 3.8) is 0 Å². The Balaban J connectivity index is 1.78. The molecule has 4 nitrogen and oxygen atoms in total. The summed E-state index contributed by atoms with van der Waals surface area (Å²) in [6.07, 6.45) is -4.58. The van der Waals surface area contributed by atoms with Gasteiger partial charge in [0, 0.05) is 5.39 Å². The van der Waals surface area contributed by atoms with Gasteiger partial charge in [0.15, 0.2) is 0 Å². The minimum atomic E-state index is -4.58. The van der Waals surface area contributed by atoms with Gasteiger partial charge in [0.1, 0.15) is 5.75 Å². The van der Waals surface area contributed by atoms with Crippen molar-refractivity contribution in [2.75, 3.05) is 5.32 Å². The second-order valence-corrected chi connectivity index (χ2v) is 6.68. The Hall–Kier alpha value is -2.93. The first-order valence-electron chi connectivity index (χ1n) is 8.31. The van der Waals surface area contributed by atoms with Crippen molar-refractivity contribution in [1.29, 1.82) is 0 Å². The SMILES string of the molecule is CC(NC(=O)Nc1cccc2ccc(O)cc12)c1ccc(Cl)c(C(F)(F)F)c1. The van der Waals surface area contributed by atoms with E-state index in [9.17, 15) is 23.1 Å². The fraction of sp³-hybridized carbons (Fsp3) is 0.150. The Morgan fingerprint density at radius 2 is 1.86 bits per heavy atom. The molecule has 146 valence electrons. The van der Waals surface area contributed by atoms with E-state index in [-0.39, 0.29) is 11.3 Å². The predicted molar refractivity (Wildman–Crippen MR) is 103 cm³/mol. The topological polar surface area (TPSA) is 61.4 Å². The van der Waals surface area contributed by atoms with Gasteiger partial charge in [-0.05, 0) is 48.2 Å². The van der Waals surface area contributed by atoms with Crippen LogP contribution in [-0.2, 0) is 6.18 Å². The van der Waals surface area contributed by atoms with Gasteiger partial charge < -0.3 is 15.7 Å². The van der Waals surface area contributed by atoms with Crippen LogP contribution < -0.4 is 10.6 Å². The second kappa shape index (κ2) is 7.59. The number of phenols is 1. The number of carbonyl (C=O) groups excluding carboxylic acids is 1. The molecule has 0 aliphatic rings. The number of benzene rings is 3. The molecule has 0 saturated heterocycles. The maximum Gasteiger partial charge on any atom is 0.417 e. The summed E-state index contributed by atoms with van der Waals surface area (Å²) in [6.45, 7) is 1.57. The molecule has 28 heavy (non-hydrogen) atoms. The lowest BCUT2D eigenvalue weighted by molar-refractivity contribution is -0.137. The number of carbonyl (C=O) groups is 1. The Labute approximate surface area is 163 Å². The maximum absolute atomic E-state index is 13.0. The van der Waals surface area contributed by atoms with Crippen molar-refractivity contribution in [2.45, 2.75) is 19.1 Å². The minimum absolute atomic E-state index is 0.0522. The molecule has 8 heteroatoms. The van der Waals surface area contributed by atoms with Gasteiger partial charge >= 0.3 is 12.2 Å². The van der Waals surface area contributed by atoms with Gasteiger partial charge in [-0.25, -0.2) is 4.79 Å². The van der Waals surface area contributed by atoms with E-state index >= 15 is 0 Å². The lowest BCUT2D eigenvalue weighted by atomic mass is 10.0. The predicted octanol–water partition coefficient (Wildman–Crippen LogP) is 6.10. The lowest BCUT2D eigenvalue weighted by Crippen LogP contribution is -2.31. The molecule has 1 atom stereocenters. The molecule has 0 aromatic heterocycles. The summed E-state index contributed by atoms with van der Waals surface area (Å²) in [7, 11) is 0. The van der Waals surface area contributed by atoms with Crippen LogP contribution in [0.1, 0.15) is 24.1 Å². The van der Waals surface area contributed by atoms with Crippen molar-refractivity contribution < 1.29 is 23.1 Å². The van der Waals surface area contributed by atoms with E-state index in [4.69, 9.17) is 11.6 Å². The number of rotatable bonds is 3. The number of alkyl halides is 3. The lowest BCUT2D eigenvalue weighted by Gasteiger charge is -2.18. The molecule has 3 aromatic rings. The Kier molecular flexibility index (Phi) is 5.38. The number of phenolic OH excluding ortho intramolecular Hbond substituents is 1. The molecule has 0 radical (unpaired) electrons. The molecular formula is C20H16ClF3N2O2. The molecule has 0 spiro atoms. The number of amides is 2. The second-order valence-electron chi connectivity index (χ2n) is 6.27. The first-order valence-corrected chi connectivity index (χ1v) is 8.69. The van der Waals surface area contributed by atoms with Crippen LogP contribution in [0.2, 0.25) is 5.02 Å². The third-order valence-corrected chi connectivity index (χ3v) is 4.59. The fourth-order valence-corrected chi connectivity index (χ4v) is 3.06. The first-order chi connectivity index (χ1) is 13.1. The van der Waals surface area contributed by atoms with E-state index in [2.05, 4.69) is 10.6 Å². The highest BCUT2D eigenvalue weighted by Gasteiger charge is 2.33. The number of aromatic hydroxyl groups is 1. The molecule has 0 aliphatic carbocycles. The summed E-state index contributed by atoms with van der Waals surface area (Å²) < 4.78 is 39.1. The van der Waals surface area contributed by atoms with Crippen LogP contribution in [0, 0.1) is 0 Å². The highest BCUT2D eigenvalue weighted by Crippen LogP contribution is 2.36. The van der Waals surface area contributed by atoms with E-state index in [0.29, 0.717) is 11.1 Å². The largest absolute Gasteiger partial charge is 0.508 e. The molecular weight excluding hydrogens is 393 g/mol. The van der Waals surface area contributed by atoms with Crippen LogP contribution in [0.5, 0.6) is 5.75 Å². The van der Waals surface area contributed by atoms with Crippen molar-refractivity contribution >= 4 is 34.1 Å². The highest BCUT2D eigenvalue weighted by atomic mass is 35.5. The number of hydrogen-bond donors (Lipinski definition) is 3. The molecule has 2 amide bonds. The average Bonchev–Trinajstić information content (AvgIpc) is 2.61. The molecule has 0 heterocycles. The van der Waals surface area contributed by atoms with E-state index in [1.807, 2.05) is 6.07 Å². The van der Waals surface area contributed by atoms with Gasteiger partial charge in [0.25, 0.3) is 0 Å². The normalized spacial score (nSPS) is 12.6. The van der Waals surface area contributed by atoms with Crippen molar-refractivity contribution in [1.82, 2.24) is 5.32 Å². The zero-order valence-corrected chi connectivity index (χ0v) is 15.4. The van der Waals surface area contributed by atoms with Gasteiger partial charge in [0.2, 0.25) is 0 Å². The Morgan fingerprint density at radius 3 is 2.57 bits per heavy atom. The monoisotopic (exact) mass is 408 g/mol. The van der Waals surface area contributed by atoms with Crippen LogP contribution in [0.25, 0.3) is 10.8 Å². The molecule has 0 fully saturated rings. The molecule has 0 saturated carbocycles. The summed E-state index contributed by atoms with van der Waals surface area (Å²) in [5.74, 6) is 0.0522. The van der Waals surface area contributed by atoms with E-state index < -0.39 is 28.8 Å². The van der Waals surface area contributed by atoms with Crippen LogP contribution in [0.3, 0.4) is 0 Å². The maximum atomic E-state index is 13.0. The summed E-state index contributed by atoms with van der Waals surface area (Å²) in [5.41, 5.74) is -0.224. The molecule has 3 aromatic carbocycles. The van der Waals surface area contributed by atoms with Crippen molar-refractivity contribution in [3.8, 4) is 5.75 Å². The van der Waals surface area contributed by atoms with Crippen molar-refractivity contribution in [3.05, 3.63) is 70.7 Å². The third kappa shape index (κ3) is 4.31. The van der Waals surface area contributed by atoms with Crippen LogP contribution >= 0.6 is 11.6 Å². The standard InChI is InChI=1S/C20H16ClF3N2O2/c1-11(13-6-8-17(21)16(9-13)20(22,23)24)25-19(28)26-18-4-2-3-12-5-7-14(27)10-15(12)18/h2-11,27H,1H3,(H2,25,26,28). The zero-order chi connectivity index (χ0) is 20.5. The molecule has 3 N–H and O–H groups in total. The van der Waals surface area contributed by atoms with E-state index in [1.165, 1.54) is 18.2 Å². The number of anilines is 1. The molecule has 1 unspecified atom stereocenters. The Bertz CT molecular complexity index is 1040. The number of halogens is 4. The third-order valence-electron chi connectivity index (χ3n) is 4.26. The van der Waals surface area contributed by atoms with Gasteiger partial charge in [-0.3, -0.25) is 0 Å². The van der Waals surface area contributed by atoms with E-state index in [0.717, 1.165) is 17.5 Å². The fourth-order valence-electron chi connectivity index (χ4n) is 2.84. The molecule has 3 rings (SSSR count). The summed E-state index contributed by atoms with van der Waals surface area (Å²) in [6, 6.07) is 12.2. The number of fused-ring (bicyclic) bond motifs is 1.